The van der Waals surface area contributed by atoms with E-state index in [9.17, 15) is 0 Å². The first kappa shape index (κ1) is 14.5. The summed E-state index contributed by atoms with van der Waals surface area (Å²) in [4.78, 5) is 1.41. The van der Waals surface area contributed by atoms with Crippen molar-refractivity contribution in [3.63, 3.8) is 0 Å². The third kappa shape index (κ3) is 3.40. The van der Waals surface area contributed by atoms with Gasteiger partial charge in [0.15, 0.2) is 0 Å². The molecule has 4 atom stereocenters. The third-order valence-electron chi connectivity index (χ3n) is 5.35. The normalized spacial score (nSPS) is 29.8. The van der Waals surface area contributed by atoms with Crippen LogP contribution in [0.4, 0.5) is 0 Å². The molecule has 1 aromatic carbocycles. The van der Waals surface area contributed by atoms with E-state index in [4.69, 9.17) is 0 Å². The highest BCUT2D eigenvalue weighted by atomic mass is 32.2. The molecule has 2 bridgehead atoms. The van der Waals surface area contributed by atoms with Crippen LogP contribution in [-0.2, 0) is 0 Å². The Bertz CT molecular complexity index is 428. The molecule has 4 unspecified atom stereocenters. The molecule has 2 aliphatic rings. The average molecular weight is 289 g/mol. The predicted molar refractivity (Wildman–Crippen MR) is 88.3 cm³/mol. The number of aryl methyl sites for hydroxylation is 1. The predicted octanol–water partition coefficient (Wildman–Crippen LogP) is 4.50. The maximum atomic E-state index is 3.55. The molecule has 20 heavy (non-hydrogen) atoms. The number of benzene rings is 1. The molecule has 0 saturated heterocycles. The molecule has 1 aromatic rings. The van der Waals surface area contributed by atoms with Crippen molar-refractivity contribution >= 4 is 11.8 Å². The van der Waals surface area contributed by atoms with Gasteiger partial charge in [0.2, 0.25) is 0 Å². The Morgan fingerprint density at radius 2 is 2.00 bits per heavy atom. The minimum Gasteiger partial charge on any atom is -0.316 e. The fourth-order valence-electron chi connectivity index (χ4n) is 4.13. The van der Waals surface area contributed by atoms with E-state index in [2.05, 4.69) is 43.6 Å². The summed E-state index contributed by atoms with van der Waals surface area (Å²) in [5.74, 6) is 4.34. The Balaban J connectivity index is 1.48. The summed E-state index contributed by atoms with van der Waals surface area (Å²) in [6, 6.07) is 9.61. The van der Waals surface area contributed by atoms with Gasteiger partial charge in [-0.3, -0.25) is 0 Å². The van der Waals surface area contributed by atoms with E-state index in [1.54, 1.807) is 0 Å². The van der Waals surface area contributed by atoms with E-state index in [0.717, 1.165) is 17.8 Å². The van der Waals surface area contributed by atoms with E-state index >= 15 is 0 Å². The highest BCUT2D eigenvalue weighted by Crippen LogP contribution is 2.50. The molecule has 110 valence electrons. The maximum Gasteiger partial charge on any atom is 0.0161 e. The summed E-state index contributed by atoms with van der Waals surface area (Å²) < 4.78 is 0. The topological polar surface area (TPSA) is 12.0 Å². The molecule has 2 saturated carbocycles. The highest BCUT2D eigenvalue weighted by Gasteiger charge is 2.39. The number of hydrogen-bond donors (Lipinski definition) is 1. The smallest absolute Gasteiger partial charge is 0.0161 e. The lowest BCUT2D eigenvalue weighted by Gasteiger charge is -2.26. The van der Waals surface area contributed by atoms with E-state index < -0.39 is 0 Å². The number of nitrogens with one attached hydrogen (secondary N) is 1. The molecule has 0 spiro atoms. The lowest BCUT2D eigenvalue weighted by molar-refractivity contribution is 0.290. The number of hydrogen-bond acceptors (Lipinski definition) is 2. The molecule has 3 rings (SSSR count). The van der Waals surface area contributed by atoms with Crippen molar-refractivity contribution in [1.29, 1.82) is 0 Å². The molecule has 1 nitrogen and oxygen atoms in total. The molecule has 2 fully saturated rings. The number of fused-ring (bicyclic) bond motifs is 2. The lowest BCUT2D eigenvalue weighted by atomic mass is 9.84. The van der Waals surface area contributed by atoms with Gasteiger partial charge >= 0.3 is 0 Å². The van der Waals surface area contributed by atoms with Crippen LogP contribution in [0, 0.1) is 24.7 Å². The molecule has 2 aliphatic carbocycles. The van der Waals surface area contributed by atoms with Gasteiger partial charge in [0, 0.05) is 16.7 Å². The molecule has 2 heteroatoms. The fourth-order valence-corrected chi connectivity index (χ4v) is 5.16. The van der Waals surface area contributed by atoms with Crippen molar-refractivity contribution in [3.8, 4) is 0 Å². The minimum absolute atomic E-state index is 0.672. The van der Waals surface area contributed by atoms with E-state index in [0.29, 0.717) is 6.04 Å². The maximum absolute atomic E-state index is 3.55. The quantitative estimate of drug-likeness (QED) is 0.774. The molecule has 0 radical (unpaired) electrons. The van der Waals surface area contributed by atoms with Gasteiger partial charge in [-0.05, 0) is 69.5 Å². The van der Waals surface area contributed by atoms with Gasteiger partial charge in [-0.15, -0.1) is 11.8 Å². The van der Waals surface area contributed by atoms with Crippen molar-refractivity contribution in [2.24, 2.45) is 17.8 Å². The van der Waals surface area contributed by atoms with Gasteiger partial charge in [0.1, 0.15) is 0 Å². The van der Waals surface area contributed by atoms with Gasteiger partial charge in [0.05, 0.1) is 0 Å². The second kappa shape index (κ2) is 6.53. The van der Waals surface area contributed by atoms with Crippen molar-refractivity contribution in [2.45, 2.75) is 50.0 Å². The molecular weight excluding hydrogens is 262 g/mol. The van der Waals surface area contributed by atoms with Gasteiger partial charge in [-0.25, -0.2) is 0 Å². The number of rotatable bonds is 6. The Labute approximate surface area is 127 Å². The summed E-state index contributed by atoms with van der Waals surface area (Å²) in [6.07, 6.45) is 7.46. The average Bonchev–Trinajstić information content (AvgIpc) is 3.07. The zero-order chi connectivity index (χ0) is 13.9. The second-order valence-corrected chi connectivity index (χ2v) is 7.87. The number of thioether (sulfide) groups is 1. The third-order valence-corrected chi connectivity index (χ3v) is 6.53. The van der Waals surface area contributed by atoms with Crippen LogP contribution < -0.4 is 5.32 Å². The first-order chi connectivity index (χ1) is 9.74. The SMILES string of the molecule is CNC(CSc1ccc(C)cc1)CC1CC2CCC1C2. The van der Waals surface area contributed by atoms with E-state index in [1.165, 1.54) is 48.3 Å². The molecular formula is C18H27NS. The van der Waals surface area contributed by atoms with Crippen molar-refractivity contribution in [3.05, 3.63) is 29.8 Å². The Kier molecular flexibility index (Phi) is 4.72. The van der Waals surface area contributed by atoms with Crippen LogP contribution >= 0.6 is 11.8 Å². The van der Waals surface area contributed by atoms with Gasteiger partial charge in [-0.1, -0.05) is 24.1 Å². The Morgan fingerprint density at radius 3 is 2.60 bits per heavy atom. The zero-order valence-electron chi connectivity index (χ0n) is 12.8. The minimum atomic E-state index is 0.672. The summed E-state index contributed by atoms with van der Waals surface area (Å²) in [5.41, 5.74) is 1.35. The Hall–Kier alpha value is -0.470. The summed E-state index contributed by atoms with van der Waals surface area (Å²) in [7, 11) is 2.13. The van der Waals surface area contributed by atoms with Crippen LogP contribution in [0.25, 0.3) is 0 Å². The highest BCUT2D eigenvalue weighted by molar-refractivity contribution is 7.99. The first-order valence-corrected chi connectivity index (χ1v) is 9.10. The van der Waals surface area contributed by atoms with E-state index in [1.807, 2.05) is 11.8 Å². The van der Waals surface area contributed by atoms with E-state index in [-0.39, 0.29) is 0 Å². The molecule has 0 aromatic heterocycles. The van der Waals surface area contributed by atoms with Crippen LogP contribution in [0.1, 0.15) is 37.7 Å². The molecule has 1 N–H and O–H groups in total. The van der Waals surface area contributed by atoms with Crippen LogP contribution in [0.3, 0.4) is 0 Å². The Morgan fingerprint density at radius 1 is 1.20 bits per heavy atom. The van der Waals surface area contributed by atoms with Gasteiger partial charge < -0.3 is 5.32 Å². The summed E-state index contributed by atoms with van der Waals surface area (Å²) in [6.45, 7) is 2.15. The van der Waals surface area contributed by atoms with Crippen LogP contribution in [0.15, 0.2) is 29.2 Å². The van der Waals surface area contributed by atoms with Crippen LogP contribution in [0.2, 0.25) is 0 Å². The molecule has 0 heterocycles. The summed E-state index contributed by atoms with van der Waals surface area (Å²) in [5, 5.41) is 3.55. The van der Waals surface area contributed by atoms with Crippen molar-refractivity contribution in [2.75, 3.05) is 12.8 Å². The largest absolute Gasteiger partial charge is 0.316 e. The fraction of sp³-hybridized carbons (Fsp3) is 0.667. The molecule has 0 amide bonds. The first-order valence-electron chi connectivity index (χ1n) is 8.11. The van der Waals surface area contributed by atoms with Crippen LogP contribution in [-0.4, -0.2) is 18.8 Å². The zero-order valence-corrected chi connectivity index (χ0v) is 13.6. The molecule has 0 aliphatic heterocycles. The van der Waals surface area contributed by atoms with Gasteiger partial charge in [-0.2, -0.15) is 0 Å². The second-order valence-electron chi connectivity index (χ2n) is 6.78. The lowest BCUT2D eigenvalue weighted by Crippen LogP contribution is -2.31. The van der Waals surface area contributed by atoms with Crippen LogP contribution in [0.5, 0.6) is 0 Å². The summed E-state index contributed by atoms with van der Waals surface area (Å²) >= 11 is 2.00. The monoisotopic (exact) mass is 289 g/mol. The standard InChI is InChI=1S/C18H27NS/c1-13-3-7-18(8-4-13)20-12-17(19-2)11-16-10-14-5-6-15(16)9-14/h3-4,7-8,14-17,19H,5-6,9-12H2,1-2H3. The van der Waals surface area contributed by atoms with Gasteiger partial charge in [0.25, 0.3) is 0 Å². The van der Waals surface area contributed by atoms with Crippen molar-refractivity contribution in [1.82, 2.24) is 5.32 Å². The van der Waals surface area contributed by atoms with Crippen molar-refractivity contribution < 1.29 is 0 Å².